The number of nitrogen functional groups attached to an aromatic ring is 1. The molecule has 2 rings (SSSR count). The molecule has 5 nitrogen and oxygen atoms in total. The smallest absolute Gasteiger partial charge is 0.341 e. The number of carboxylic acids is 1. The van der Waals surface area contributed by atoms with E-state index >= 15 is 0 Å². The summed E-state index contributed by atoms with van der Waals surface area (Å²) < 4.78 is 1.84. The minimum atomic E-state index is -1.21. The van der Waals surface area contributed by atoms with Gasteiger partial charge in [0, 0.05) is 18.4 Å². The molecule has 0 amide bonds. The van der Waals surface area contributed by atoms with Crippen LogP contribution < -0.4 is 11.2 Å². The summed E-state index contributed by atoms with van der Waals surface area (Å²) in [5, 5.41) is 9.56. The summed E-state index contributed by atoms with van der Waals surface area (Å²) in [7, 11) is 0. The van der Waals surface area contributed by atoms with E-state index in [0.717, 1.165) is 12.8 Å². The van der Waals surface area contributed by atoms with E-state index in [2.05, 4.69) is 6.92 Å². The second-order valence-electron chi connectivity index (χ2n) is 5.88. The Balaban J connectivity index is 2.28. The minimum absolute atomic E-state index is 0.221. The molecule has 1 heterocycles. The quantitative estimate of drug-likeness (QED) is 0.575. The largest absolute Gasteiger partial charge is 0.477 e. The summed E-state index contributed by atoms with van der Waals surface area (Å²) in [5.74, 6) is -1.21. The zero-order chi connectivity index (χ0) is 16.8. The van der Waals surface area contributed by atoms with Crippen LogP contribution in [-0.4, -0.2) is 15.6 Å². The molecule has 0 atom stereocenters. The Hall–Kier alpha value is -2.30. The average molecular weight is 316 g/mol. The molecule has 124 valence electrons. The number of fused-ring (bicyclic) bond motifs is 1. The number of carboxylic acid groups (broad SMARTS) is 1. The zero-order valence-electron chi connectivity index (χ0n) is 13.5. The van der Waals surface area contributed by atoms with Gasteiger partial charge in [0.05, 0.1) is 10.9 Å². The molecule has 2 aromatic rings. The second kappa shape index (κ2) is 7.81. The van der Waals surface area contributed by atoms with Gasteiger partial charge in [-0.05, 0) is 18.6 Å². The number of pyridine rings is 1. The maximum atomic E-state index is 12.3. The van der Waals surface area contributed by atoms with Crippen molar-refractivity contribution in [2.75, 3.05) is 5.73 Å². The van der Waals surface area contributed by atoms with Crippen molar-refractivity contribution in [3.8, 4) is 0 Å². The highest BCUT2D eigenvalue weighted by molar-refractivity contribution is 5.97. The maximum Gasteiger partial charge on any atom is 0.341 e. The SMILES string of the molecule is CCCCCCCCn1cc(C(=O)O)c(=O)c2c(N)cccc21. The van der Waals surface area contributed by atoms with E-state index in [4.69, 9.17) is 5.73 Å². The third-order valence-corrected chi connectivity index (χ3v) is 4.12. The molecule has 1 aromatic heterocycles. The number of nitrogens with zero attached hydrogens (tertiary/aromatic N) is 1. The molecule has 0 aliphatic rings. The number of aromatic carboxylic acids is 1. The van der Waals surface area contributed by atoms with Crippen LogP contribution in [0.25, 0.3) is 10.9 Å². The molecule has 0 saturated carbocycles. The van der Waals surface area contributed by atoms with E-state index in [1.54, 1.807) is 12.1 Å². The van der Waals surface area contributed by atoms with Crippen molar-refractivity contribution in [2.45, 2.75) is 52.0 Å². The molecule has 0 aliphatic heterocycles. The Kier molecular flexibility index (Phi) is 5.79. The first-order valence-corrected chi connectivity index (χ1v) is 8.21. The monoisotopic (exact) mass is 316 g/mol. The van der Waals surface area contributed by atoms with Gasteiger partial charge in [-0.3, -0.25) is 4.79 Å². The summed E-state index contributed by atoms with van der Waals surface area (Å²) >= 11 is 0. The van der Waals surface area contributed by atoms with Gasteiger partial charge in [0.15, 0.2) is 0 Å². The fourth-order valence-corrected chi connectivity index (χ4v) is 2.86. The fourth-order valence-electron chi connectivity index (χ4n) is 2.86. The number of hydrogen-bond donors (Lipinski definition) is 2. The van der Waals surface area contributed by atoms with Gasteiger partial charge in [-0.15, -0.1) is 0 Å². The lowest BCUT2D eigenvalue weighted by atomic mass is 10.1. The van der Waals surface area contributed by atoms with Crippen molar-refractivity contribution in [1.82, 2.24) is 4.57 Å². The van der Waals surface area contributed by atoms with Crippen molar-refractivity contribution in [3.63, 3.8) is 0 Å². The molecular weight excluding hydrogens is 292 g/mol. The molecule has 0 radical (unpaired) electrons. The summed E-state index contributed by atoms with van der Waals surface area (Å²) in [6.07, 6.45) is 8.37. The van der Waals surface area contributed by atoms with Gasteiger partial charge in [0.1, 0.15) is 5.56 Å². The van der Waals surface area contributed by atoms with Gasteiger partial charge in [0.25, 0.3) is 0 Å². The van der Waals surface area contributed by atoms with Gasteiger partial charge in [-0.1, -0.05) is 45.1 Å². The lowest BCUT2D eigenvalue weighted by molar-refractivity contribution is 0.0695. The van der Waals surface area contributed by atoms with E-state index in [1.165, 1.54) is 31.9 Å². The first-order chi connectivity index (χ1) is 11.1. The number of carbonyl (C=O) groups is 1. The van der Waals surface area contributed by atoms with Gasteiger partial charge < -0.3 is 15.4 Å². The number of unbranched alkanes of at least 4 members (excludes halogenated alkanes) is 5. The van der Waals surface area contributed by atoms with Gasteiger partial charge in [0.2, 0.25) is 5.43 Å². The first kappa shape index (κ1) is 17.1. The lowest BCUT2D eigenvalue weighted by Crippen LogP contribution is -2.20. The third-order valence-electron chi connectivity index (χ3n) is 4.12. The summed E-state index contributed by atoms with van der Waals surface area (Å²) in [6.45, 7) is 2.87. The number of rotatable bonds is 8. The van der Waals surface area contributed by atoms with E-state index in [9.17, 15) is 14.7 Å². The Bertz CT molecular complexity index is 750. The maximum absolute atomic E-state index is 12.3. The normalized spacial score (nSPS) is 11.0. The molecule has 0 spiro atoms. The second-order valence-corrected chi connectivity index (χ2v) is 5.88. The predicted molar refractivity (Wildman–Crippen MR) is 93.0 cm³/mol. The first-order valence-electron chi connectivity index (χ1n) is 8.21. The zero-order valence-corrected chi connectivity index (χ0v) is 13.5. The van der Waals surface area contributed by atoms with Crippen LogP contribution in [-0.2, 0) is 6.54 Å². The highest BCUT2D eigenvalue weighted by Crippen LogP contribution is 2.19. The van der Waals surface area contributed by atoms with Crippen LogP contribution in [0.5, 0.6) is 0 Å². The van der Waals surface area contributed by atoms with Crippen LogP contribution in [0, 0.1) is 0 Å². The molecule has 3 N–H and O–H groups in total. The molecule has 23 heavy (non-hydrogen) atoms. The van der Waals surface area contributed by atoms with Crippen LogP contribution in [0.1, 0.15) is 55.8 Å². The Morgan fingerprint density at radius 2 is 1.87 bits per heavy atom. The molecule has 0 aliphatic carbocycles. The van der Waals surface area contributed by atoms with Crippen LogP contribution in [0.15, 0.2) is 29.2 Å². The topological polar surface area (TPSA) is 85.3 Å². The van der Waals surface area contributed by atoms with E-state index < -0.39 is 11.4 Å². The standard InChI is InChI=1S/C18H24N2O3/c1-2-3-4-5-6-7-11-20-12-13(18(22)23)17(21)16-14(19)9-8-10-15(16)20/h8-10,12H,2-7,11,19H2,1H3,(H,22,23). The fraction of sp³-hybridized carbons (Fsp3) is 0.444. The molecular formula is C18H24N2O3. The van der Waals surface area contributed by atoms with Crippen LogP contribution >= 0.6 is 0 Å². The number of benzene rings is 1. The average Bonchev–Trinajstić information content (AvgIpc) is 2.52. The minimum Gasteiger partial charge on any atom is -0.477 e. The number of anilines is 1. The van der Waals surface area contributed by atoms with E-state index in [-0.39, 0.29) is 5.56 Å². The molecule has 5 heteroatoms. The number of hydrogen-bond acceptors (Lipinski definition) is 3. The Morgan fingerprint density at radius 3 is 2.57 bits per heavy atom. The van der Waals surface area contributed by atoms with Gasteiger partial charge in [-0.2, -0.15) is 0 Å². The van der Waals surface area contributed by atoms with Crippen LogP contribution in [0.4, 0.5) is 5.69 Å². The van der Waals surface area contributed by atoms with E-state index in [0.29, 0.717) is 23.1 Å². The number of aryl methyl sites for hydroxylation is 1. The highest BCUT2D eigenvalue weighted by Gasteiger charge is 2.15. The van der Waals surface area contributed by atoms with Gasteiger partial charge in [-0.25, -0.2) is 4.79 Å². The van der Waals surface area contributed by atoms with Gasteiger partial charge >= 0.3 is 5.97 Å². The van der Waals surface area contributed by atoms with Crippen molar-refractivity contribution in [3.05, 3.63) is 40.2 Å². The molecule has 1 aromatic carbocycles. The van der Waals surface area contributed by atoms with Crippen molar-refractivity contribution >= 4 is 22.6 Å². The van der Waals surface area contributed by atoms with E-state index in [1.807, 2.05) is 10.6 Å². The summed E-state index contributed by atoms with van der Waals surface area (Å²) in [5.41, 5.74) is 6.20. The number of aromatic nitrogens is 1. The molecule has 0 unspecified atom stereocenters. The Morgan fingerprint density at radius 1 is 1.17 bits per heavy atom. The van der Waals surface area contributed by atoms with Crippen molar-refractivity contribution < 1.29 is 9.90 Å². The van der Waals surface area contributed by atoms with Crippen LogP contribution in [0.3, 0.4) is 0 Å². The molecule has 0 saturated heterocycles. The van der Waals surface area contributed by atoms with Crippen LogP contribution in [0.2, 0.25) is 0 Å². The van der Waals surface area contributed by atoms with Crippen molar-refractivity contribution in [2.24, 2.45) is 0 Å². The summed E-state index contributed by atoms with van der Waals surface area (Å²) in [6, 6.07) is 5.23. The predicted octanol–water partition coefficient (Wildman–Crippen LogP) is 3.64. The third kappa shape index (κ3) is 3.92. The van der Waals surface area contributed by atoms with Crippen molar-refractivity contribution in [1.29, 1.82) is 0 Å². The highest BCUT2D eigenvalue weighted by atomic mass is 16.4. The summed E-state index contributed by atoms with van der Waals surface area (Å²) in [4.78, 5) is 23.6. The number of nitrogens with two attached hydrogens (primary N) is 1. The Labute approximate surface area is 135 Å². The molecule has 0 bridgehead atoms. The molecule has 0 fully saturated rings. The lowest BCUT2D eigenvalue weighted by Gasteiger charge is -2.13.